The van der Waals surface area contributed by atoms with Crippen LogP contribution in [0.2, 0.25) is 0 Å². The van der Waals surface area contributed by atoms with Crippen LogP contribution in [0.1, 0.15) is 19.3 Å². The smallest absolute Gasteiger partial charge is 0.128 e. The summed E-state index contributed by atoms with van der Waals surface area (Å²) in [6, 6.07) is 5.58. The zero-order valence-corrected chi connectivity index (χ0v) is 12.8. The average Bonchev–Trinajstić information content (AvgIpc) is 3.04. The Bertz CT molecular complexity index is 398. The number of aromatic nitrogens is 1. The Hall–Kier alpha value is -0.710. The molecule has 1 saturated heterocycles. The Morgan fingerprint density at radius 1 is 1.21 bits per heavy atom. The first kappa shape index (κ1) is 16.3. The highest BCUT2D eigenvalue weighted by Gasteiger charge is 2.23. The molecular formula is C13H22Cl2N4. The molecule has 108 valence electrons. The number of likely N-dealkylation sites (N-methyl/N-ethyl adjacent to an activating group) is 1. The van der Waals surface area contributed by atoms with E-state index in [9.17, 15) is 0 Å². The first-order chi connectivity index (χ1) is 8.35. The van der Waals surface area contributed by atoms with Crippen molar-refractivity contribution in [2.24, 2.45) is 0 Å². The summed E-state index contributed by atoms with van der Waals surface area (Å²) in [5.74, 6) is 1.03. The zero-order valence-electron chi connectivity index (χ0n) is 11.1. The van der Waals surface area contributed by atoms with Crippen molar-refractivity contribution >= 4 is 36.3 Å². The number of pyridine rings is 1. The van der Waals surface area contributed by atoms with Gasteiger partial charge in [-0.15, -0.1) is 24.8 Å². The molecule has 0 spiro atoms. The molecule has 1 aliphatic carbocycles. The molecule has 6 heteroatoms. The minimum Gasteiger partial charge on any atom is -0.370 e. The van der Waals surface area contributed by atoms with Crippen molar-refractivity contribution in [2.75, 3.05) is 30.4 Å². The summed E-state index contributed by atoms with van der Waals surface area (Å²) in [6.45, 7) is 2.24. The lowest BCUT2D eigenvalue weighted by atomic mass is 10.3. The van der Waals surface area contributed by atoms with Crippen molar-refractivity contribution in [3.63, 3.8) is 0 Å². The molecule has 2 heterocycles. The van der Waals surface area contributed by atoms with Crippen molar-refractivity contribution in [3.05, 3.63) is 18.3 Å². The number of rotatable bonds is 4. The monoisotopic (exact) mass is 304 g/mol. The van der Waals surface area contributed by atoms with E-state index in [1.54, 1.807) is 0 Å². The summed E-state index contributed by atoms with van der Waals surface area (Å²) in [5.41, 5.74) is 1.29. The Morgan fingerprint density at radius 3 is 2.63 bits per heavy atom. The predicted octanol–water partition coefficient (Wildman–Crippen LogP) is 2.30. The lowest BCUT2D eigenvalue weighted by molar-refractivity contribution is 0.617. The number of halogens is 2. The van der Waals surface area contributed by atoms with Crippen LogP contribution in [0.5, 0.6) is 0 Å². The first-order valence-electron chi connectivity index (χ1n) is 6.50. The van der Waals surface area contributed by atoms with E-state index in [2.05, 4.69) is 32.7 Å². The maximum Gasteiger partial charge on any atom is 0.128 e. The maximum absolute atomic E-state index is 4.38. The van der Waals surface area contributed by atoms with Crippen molar-refractivity contribution in [1.82, 2.24) is 10.3 Å². The standard InChI is InChI=1S/C13H20N4.2ClH/c1-14-11-5-7-17(9-11)12-4-6-15-13(8-12)16-10-2-3-10;;/h4,6,8,10-11,14H,2-3,5,7,9H2,1H3,(H,15,16);2*1H/t11-;;/m1../s1. The Morgan fingerprint density at radius 2 is 2.00 bits per heavy atom. The van der Waals surface area contributed by atoms with Crippen LogP contribution in [-0.2, 0) is 0 Å². The third-order valence-corrected chi connectivity index (χ3v) is 3.63. The van der Waals surface area contributed by atoms with Gasteiger partial charge >= 0.3 is 0 Å². The van der Waals surface area contributed by atoms with Gasteiger partial charge in [-0.25, -0.2) is 4.98 Å². The van der Waals surface area contributed by atoms with E-state index in [0.717, 1.165) is 18.9 Å². The Labute approximate surface area is 127 Å². The molecule has 1 aliphatic heterocycles. The van der Waals surface area contributed by atoms with Gasteiger partial charge in [-0.2, -0.15) is 0 Å². The Kier molecular flexibility index (Phi) is 6.17. The SMILES string of the molecule is CN[C@@H]1CCN(c2ccnc(NC3CC3)c2)C1.Cl.Cl. The second-order valence-electron chi connectivity index (χ2n) is 5.04. The highest BCUT2D eigenvalue weighted by molar-refractivity contribution is 5.85. The van der Waals surface area contributed by atoms with Crippen LogP contribution in [-0.4, -0.2) is 37.2 Å². The van der Waals surface area contributed by atoms with Crippen LogP contribution in [0.25, 0.3) is 0 Å². The molecule has 19 heavy (non-hydrogen) atoms. The van der Waals surface area contributed by atoms with E-state index in [-0.39, 0.29) is 24.8 Å². The van der Waals surface area contributed by atoms with Crippen LogP contribution < -0.4 is 15.5 Å². The third kappa shape index (κ3) is 4.13. The first-order valence-corrected chi connectivity index (χ1v) is 6.50. The summed E-state index contributed by atoms with van der Waals surface area (Å²) in [5, 5.41) is 6.80. The summed E-state index contributed by atoms with van der Waals surface area (Å²) in [4.78, 5) is 6.81. The molecule has 1 aromatic heterocycles. The highest BCUT2D eigenvalue weighted by Crippen LogP contribution is 2.26. The van der Waals surface area contributed by atoms with Gasteiger partial charge in [-0.3, -0.25) is 0 Å². The molecule has 0 amide bonds. The molecular weight excluding hydrogens is 283 g/mol. The minimum atomic E-state index is 0. The van der Waals surface area contributed by atoms with Gasteiger partial charge in [0.2, 0.25) is 0 Å². The molecule has 0 unspecified atom stereocenters. The average molecular weight is 305 g/mol. The van der Waals surface area contributed by atoms with Crippen molar-refractivity contribution in [3.8, 4) is 0 Å². The normalized spacial score (nSPS) is 21.5. The van der Waals surface area contributed by atoms with Gasteiger partial charge in [-0.1, -0.05) is 0 Å². The number of hydrogen-bond donors (Lipinski definition) is 2. The summed E-state index contributed by atoms with van der Waals surface area (Å²) >= 11 is 0. The molecule has 0 bridgehead atoms. The summed E-state index contributed by atoms with van der Waals surface area (Å²) in [6.07, 6.45) is 5.71. The fourth-order valence-electron chi connectivity index (χ4n) is 2.36. The molecule has 1 aromatic rings. The molecule has 2 aliphatic rings. The molecule has 1 atom stereocenters. The second-order valence-corrected chi connectivity index (χ2v) is 5.04. The number of anilines is 2. The van der Waals surface area contributed by atoms with Gasteiger partial charge in [0.15, 0.2) is 0 Å². The second kappa shape index (κ2) is 7.17. The predicted molar refractivity (Wildman–Crippen MR) is 85.1 cm³/mol. The number of nitrogens with one attached hydrogen (secondary N) is 2. The van der Waals surface area contributed by atoms with E-state index < -0.39 is 0 Å². The topological polar surface area (TPSA) is 40.2 Å². The quantitative estimate of drug-likeness (QED) is 0.895. The molecule has 1 saturated carbocycles. The van der Waals surface area contributed by atoms with Crippen LogP contribution in [0, 0.1) is 0 Å². The minimum absolute atomic E-state index is 0. The largest absolute Gasteiger partial charge is 0.370 e. The number of hydrogen-bond acceptors (Lipinski definition) is 4. The summed E-state index contributed by atoms with van der Waals surface area (Å²) < 4.78 is 0. The lowest BCUT2D eigenvalue weighted by Gasteiger charge is -2.19. The van der Waals surface area contributed by atoms with E-state index in [1.165, 1.54) is 24.9 Å². The summed E-state index contributed by atoms with van der Waals surface area (Å²) in [7, 11) is 2.04. The zero-order chi connectivity index (χ0) is 11.7. The van der Waals surface area contributed by atoms with E-state index >= 15 is 0 Å². The fourth-order valence-corrected chi connectivity index (χ4v) is 2.36. The van der Waals surface area contributed by atoms with Gasteiger partial charge in [0.1, 0.15) is 5.82 Å². The molecule has 0 aromatic carbocycles. The van der Waals surface area contributed by atoms with Gasteiger partial charge < -0.3 is 15.5 Å². The van der Waals surface area contributed by atoms with E-state index in [0.29, 0.717) is 12.1 Å². The van der Waals surface area contributed by atoms with E-state index in [1.807, 2.05) is 13.2 Å². The van der Waals surface area contributed by atoms with Crippen LogP contribution in [0.15, 0.2) is 18.3 Å². The molecule has 0 radical (unpaired) electrons. The van der Waals surface area contributed by atoms with Crippen LogP contribution in [0.3, 0.4) is 0 Å². The Balaban J connectivity index is 0.000000902. The molecule has 2 fully saturated rings. The highest BCUT2D eigenvalue weighted by atomic mass is 35.5. The maximum atomic E-state index is 4.38. The van der Waals surface area contributed by atoms with Crippen molar-refractivity contribution < 1.29 is 0 Å². The lowest BCUT2D eigenvalue weighted by Crippen LogP contribution is -2.29. The fraction of sp³-hybridized carbons (Fsp3) is 0.615. The molecule has 2 N–H and O–H groups in total. The van der Waals surface area contributed by atoms with Crippen molar-refractivity contribution in [1.29, 1.82) is 0 Å². The van der Waals surface area contributed by atoms with Gasteiger partial charge in [0.25, 0.3) is 0 Å². The van der Waals surface area contributed by atoms with E-state index in [4.69, 9.17) is 0 Å². The van der Waals surface area contributed by atoms with Crippen molar-refractivity contribution in [2.45, 2.75) is 31.3 Å². The van der Waals surface area contributed by atoms with Gasteiger partial charge in [0.05, 0.1) is 0 Å². The van der Waals surface area contributed by atoms with Crippen LogP contribution in [0.4, 0.5) is 11.5 Å². The van der Waals surface area contributed by atoms with Gasteiger partial charge in [-0.05, 0) is 32.4 Å². The molecule has 3 rings (SSSR count). The van der Waals surface area contributed by atoms with Crippen LogP contribution >= 0.6 is 24.8 Å². The third-order valence-electron chi connectivity index (χ3n) is 3.63. The number of nitrogens with zero attached hydrogens (tertiary/aromatic N) is 2. The van der Waals surface area contributed by atoms with Gasteiger partial charge in [0, 0.05) is 43.1 Å². The molecule has 4 nitrogen and oxygen atoms in total.